The first kappa shape index (κ1) is 18.2. The summed E-state index contributed by atoms with van der Waals surface area (Å²) in [5, 5.41) is 18.1. The Balaban J connectivity index is 3.37. The summed E-state index contributed by atoms with van der Waals surface area (Å²) < 4.78 is 9.75. The van der Waals surface area contributed by atoms with Crippen LogP contribution in [0.25, 0.3) is 0 Å². The largest absolute Gasteiger partial charge is 0.480 e. The molecule has 0 aromatic heterocycles. The number of hydrogen-bond donors (Lipinski definition) is 3. The van der Waals surface area contributed by atoms with Crippen molar-refractivity contribution in [2.75, 3.05) is 31.3 Å². The number of carbonyl (C=O) groups excluding carboxylic acids is 1. The number of esters is 1. The number of aliphatic hydroxyl groups excluding tert-OH is 1. The van der Waals surface area contributed by atoms with E-state index in [2.05, 4.69) is 4.74 Å². The van der Waals surface area contributed by atoms with Gasteiger partial charge in [0.25, 0.3) is 0 Å². The molecule has 8 heteroatoms. The Bertz CT molecular complexity index is 276. The predicted octanol–water partition coefficient (Wildman–Crippen LogP) is -0.538. The third-order valence-corrected chi connectivity index (χ3v) is 3.19. The van der Waals surface area contributed by atoms with Crippen molar-refractivity contribution in [3.05, 3.63) is 0 Å². The van der Waals surface area contributed by atoms with Crippen molar-refractivity contribution in [3.63, 3.8) is 0 Å². The van der Waals surface area contributed by atoms with Gasteiger partial charge < -0.3 is 25.4 Å². The Morgan fingerprint density at radius 3 is 2.63 bits per heavy atom. The fourth-order valence-corrected chi connectivity index (χ4v) is 2.02. The van der Waals surface area contributed by atoms with Crippen LogP contribution in [0.15, 0.2) is 0 Å². The molecule has 112 valence electrons. The van der Waals surface area contributed by atoms with Crippen LogP contribution in [-0.2, 0) is 19.1 Å². The molecule has 0 fully saturated rings. The van der Waals surface area contributed by atoms with Crippen LogP contribution >= 0.6 is 11.8 Å². The molecule has 0 radical (unpaired) electrons. The smallest absolute Gasteiger partial charge is 0.320 e. The molecule has 0 aromatic carbocycles. The maximum Gasteiger partial charge on any atom is 0.320 e. The maximum absolute atomic E-state index is 10.4. The highest BCUT2D eigenvalue weighted by Crippen LogP contribution is 2.06. The van der Waals surface area contributed by atoms with Gasteiger partial charge in [-0.15, -0.1) is 0 Å². The van der Waals surface area contributed by atoms with Gasteiger partial charge in [-0.3, -0.25) is 9.59 Å². The first-order valence-corrected chi connectivity index (χ1v) is 7.04. The van der Waals surface area contributed by atoms with Crippen molar-refractivity contribution in [1.82, 2.24) is 0 Å². The molecule has 0 heterocycles. The predicted molar refractivity (Wildman–Crippen MR) is 71.0 cm³/mol. The molecule has 0 saturated carbocycles. The van der Waals surface area contributed by atoms with E-state index in [1.807, 2.05) is 0 Å². The Kier molecular flexibility index (Phi) is 10.6. The number of aliphatic hydroxyl groups is 1. The van der Waals surface area contributed by atoms with Crippen molar-refractivity contribution in [3.8, 4) is 0 Å². The fraction of sp³-hybridized carbons (Fsp3) is 0.818. The van der Waals surface area contributed by atoms with E-state index in [1.54, 1.807) is 0 Å². The molecule has 0 aliphatic rings. The summed E-state index contributed by atoms with van der Waals surface area (Å²) in [5.41, 5.74) is 5.33. The molecule has 19 heavy (non-hydrogen) atoms. The van der Waals surface area contributed by atoms with E-state index in [-0.39, 0.29) is 25.8 Å². The van der Waals surface area contributed by atoms with Crippen LogP contribution in [-0.4, -0.2) is 65.6 Å². The topological polar surface area (TPSA) is 119 Å². The van der Waals surface area contributed by atoms with E-state index in [0.717, 1.165) is 0 Å². The number of hydrogen-bond acceptors (Lipinski definition) is 7. The van der Waals surface area contributed by atoms with Gasteiger partial charge in [0.15, 0.2) is 0 Å². The molecular formula is C11H21NO6S. The number of thioether (sulfide) groups is 1. The van der Waals surface area contributed by atoms with Crippen LogP contribution in [0.1, 0.15) is 13.3 Å². The van der Waals surface area contributed by atoms with Crippen LogP contribution in [0.5, 0.6) is 0 Å². The molecular weight excluding hydrogens is 274 g/mol. The summed E-state index contributed by atoms with van der Waals surface area (Å²) in [4.78, 5) is 20.9. The van der Waals surface area contributed by atoms with E-state index in [0.29, 0.717) is 17.9 Å². The third kappa shape index (κ3) is 12.0. The van der Waals surface area contributed by atoms with Crippen molar-refractivity contribution < 1.29 is 29.3 Å². The second kappa shape index (κ2) is 11.0. The molecule has 2 atom stereocenters. The zero-order chi connectivity index (χ0) is 14.7. The van der Waals surface area contributed by atoms with Gasteiger partial charge in [-0.2, -0.15) is 11.8 Å². The van der Waals surface area contributed by atoms with Gasteiger partial charge in [-0.25, -0.2) is 0 Å². The van der Waals surface area contributed by atoms with Crippen molar-refractivity contribution in [2.45, 2.75) is 25.5 Å². The first-order chi connectivity index (χ1) is 8.93. The number of aliphatic carboxylic acids is 1. The second-order valence-electron chi connectivity index (χ2n) is 3.88. The lowest BCUT2D eigenvalue weighted by atomic mass is 10.2. The van der Waals surface area contributed by atoms with E-state index < -0.39 is 18.1 Å². The summed E-state index contributed by atoms with van der Waals surface area (Å²) in [6, 6.07) is -0.857. The average Bonchev–Trinajstić information content (AvgIpc) is 2.33. The van der Waals surface area contributed by atoms with Crippen molar-refractivity contribution >= 4 is 23.7 Å². The number of carboxylic acids is 1. The van der Waals surface area contributed by atoms with Gasteiger partial charge >= 0.3 is 11.9 Å². The van der Waals surface area contributed by atoms with Crippen LogP contribution in [0.3, 0.4) is 0 Å². The lowest BCUT2D eigenvalue weighted by molar-refractivity contribution is -0.142. The van der Waals surface area contributed by atoms with Gasteiger partial charge in [0.2, 0.25) is 0 Å². The quantitative estimate of drug-likeness (QED) is 0.343. The minimum atomic E-state index is -1.02. The van der Waals surface area contributed by atoms with Crippen LogP contribution in [0.2, 0.25) is 0 Å². The highest BCUT2D eigenvalue weighted by atomic mass is 32.2. The average molecular weight is 295 g/mol. The standard InChI is InChI=1S/C11H21NO6S/c1-8(13)18-4-3-17-6-9(14)7-19-5-2-10(12)11(15)16/h9-10,14H,2-7,12H2,1H3,(H,15,16)/t9?,10-/m0/s1. The molecule has 0 rings (SSSR count). The minimum Gasteiger partial charge on any atom is -0.480 e. The number of carboxylic acid groups (broad SMARTS) is 1. The van der Waals surface area contributed by atoms with E-state index in [4.69, 9.17) is 15.6 Å². The lowest BCUT2D eigenvalue weighted by Gasteiger charge is -2.11. The summed E-state index contributed by atoms with van der Waals surface area (Å²) >= 11 is 1.42. The Labute approximate surface area is 116 Å². The van der Waals surface area contributed by atoms with Crippen LogP contribution < -0.4 is 5.73 Å². The Morgan fingerprint density at radius 1 is 1.37 bits per heavy atom. The minimum absolute atomic E-state index is 0.152. The van der Waals surface area contributed by atoms with Crippen LogP contribution in [0.4, 0.5) is 0 Å². The number of rotatable bonds is 11. The monoisotopic (exact) mass is 295 g/mol. The third-order valence-electron chi connectivity index (χ3n) is 2.04. The molecule has 0 aromatic rings. The Morgan fingerprint density at radius 2 is 2.05 bits per heavy atom. The molecule has 0 saturated heterocycles. The van der Waals surface area contributed by atoms with Gasteiger partial charge in [-0.05, 0) is 12.2 Å². The molecule has 0 spiro atoms. The maximum atomic E-state index is 10.4. The van der Waals surface area contributed by atoms with Crippen LogP contribution in [0, 0.1) is 0 Å². The molecule has 0 amide bonds. The summed E-state index contributed by atoms with van der Waals surface area (Å²) in [6.07, 6.45) is -0.275. The number of ether oxygens (including phenoxy) is 2. The van der Waals surface area contributed by atoms with Gasteiger partial charge in [-0.1, -0.05) is 0 Å². The van der Waals surface area contributed by atoms with Gasteiger partial charge in [0.1, 0.15) is 12.6 Å². The van der Waals surface area contributed by atoms with Crippen molar-refractivity contribution in [1.29, 1.82) is 0 Å². The molecule has 0 aliphatic carbocycles. The highest BCUT2D eigenvalue weighted by molar-refractivity contribution is 7.99. The first-order valence-electron chi connectivity index (χ1n) is 5.88. The second-order valence-corrected chi connectivity index (χ2v) is 5.03. The molecule has 0 bridgehead atoms. The molecule has 7 nitrogen and oxygen atoms in total. The zero-order valence-electron chi connectivity index (χ0n) is 10.9. The Hall–Kier alpha value is -0.830. The van der Waals surface area contributed by atoms with Gasteiger partial charge in [0.05, 0.1) is 19.3 Å². The van der Waals surface area contributed by atoms with E-state index in [1.165, 1.54) is 18.7 Å². The van der Waals surface area contributed by atoms with E-state index in [9.17, 15) is 14.7 Å². The van der Waals surface area contributed by atoms with E-state index >= 15 is 0 Å². The summed E-state index contributed by atoms with van der Waals surface area (Å²) in [7, 11) is 0. The summed E-state index contributed by atoms with van der Waals surface area (Å²) in [5.74, 6) is -0.373. The molecule has 0 aliphatic heterocycles. The highest BCUT2D eigenvalue weighted by Gasteiger charge is 2.11. The molecule has 4 N–H and O–H groups in total. The number of carbonyl (C=O) groups is 2. The SMILES string of the molecule is CC(=O)OCCOCC(O)CSCC[C@H](N)C(=O)O. The normalized spacial score (nSPS) is 13.8. The lowest BCUT2D eigenvalue weighted by Crippen LogP contribution is -2.30. The van der Waals surface area contributed by atoms with Gasteiger partial charge in [0, 0.05) is 12.7 Å². The number of nitrogens with two attached hydrogens (primary N) is 1. The fourth-order valence-electron chi connectivity index (χ4n) is 1.06. The molecule has 1 unspecified atom stereocenters. The van der Waals surface area contributed by atoms with Crippen molar-refractivity contribution in [2.24, 2.45) is 5.73 Å². The summed E-state index contributed by atoms with van der Waals surface area (Å²) in [6.45, 7) is 1.88. The zero-order valence-corrected chi connectivity index (χ0v) is 11.7.